The molecule has 1 aromatic carbocycles. The molecule has 2 fully saturated rings. The summed E-state index contributed by atoms with van der Waals surface area (Å²) >= 11 is 0. The van der Waals surface area contributed by atoms with Crippen LogP contribution >= 0.6 is 0 Å². The Morgan fingerprint density at radius 2 is 1.96 bits per heavy atom. The Morgan fingerprint density at radius 3 is 2.58 bits per heavy atom. The summed E-state index contributed by atoms with van der Waals surface area (Å²) in [5.74, 6) is 0.906. The second kappa shape index (κ2) is 7.09. The standard InChI is InChI=1S/C19H27FN2O2/c1-11(2)24-17-7-6-15(20)10-16(17)22-19(23)14-8-12-4-3-5-13(9-14)18(12)21/h6-7,10-14,18H,3-5,8-9,21H2,1-2H3,(H,22,23). The van der Waals surface area contributed by atoms with Crippen molar-refractivity contribution in [2.45, 2.75) is 58.1 Å². The second-order valence-corrected chi connectivity index (χ2v) is 7.49. The molecule has 2 aliphatic carbocycles. The summed E-state index contributed by atoms with van der Waals surface area (Å²) < 4.78 is 19.3. The average Bonchev–Trinajstić information content (AvgIpc) is 2.49. The molecule has 3 rings (SSSR count). The van der Waals surface area contributed by atoms with Gasteiger partial charge in [0.2, 0.25) is 5.91 Å². The fourth-order valence-electron chi connectivity index (χ4n) is 4.19. The number of anilines is 1. The number of fused-ring (bicyclic) bond motifs is 2. The third kappa shape index (κ3) is 3.72. The normalized spacial score (nSPS) is 29.4. The van der Waals surface area contributed by atoms with Crippen LogP contribution in [0.15, 0.2) is 18.2 Å². The summed E-state index contributed by atoms with van der Waals surface area (Å²) in [7, 11) is 0. The van der Waals surface area contributed by atoms with Gasteiger partial charge in [-0.25, -0.2) is 4.39 Å². The quantitative estimate of drug-likeness (QED) is 0.882. The summed E-state index contributed by atoms with van der Waals surface area (Å²) in [6.45, 7) is 3.80. The molecule has 2 unspecified atom stereocenters. The minimum absolute atomic E-state index is 0.0434. The maximum absolute atomic E-state index is 13.6. The Morgan fingerprint density at radius 1 is 1.29 bits per heavy atom. The molecule has 2 atom stereocenters. The van der Waals surface area contributed by atoms with Crippen LogP contribution in [0, 0.1) is 23.6 Å². The Hall–Kier alpha value is -1.62. The zero-order valence-electron chi connectivity index (χ0n) is 14.4. The number of halogens is 1. The number of carbonyl (C=O) groups excluding carboxylic acids is 1. The summed E-state index contributed by atoms with van der Waals surface area (Å²) in [5, 5.41) is 2.89. The van der Waals surface area contributed by atoms with E-state index in [0.29, 0.717) is 23.3 Å². The Kier molecular flexibility index (Phi) is 5.09. The number of rotatable bonds is 4. The minimum Gasteiger partial charge on any atom is -0.489 e. The molecule has 0 aromatic heterocycles. The summed E-state index contributed by atoms with van der Waals surface area (Å²) in [6.07, 6.45) is 5.07. The maximum Gasteiger partial charge on any atom is 0.227 e. The van der Waals surface area contributed by atoms with Crippen molar-refractivity contribution in [3.63, 3.8) is 0 Å². The number of nitrogens with one attached hydrogen (secondary N) is 1. The molecule has 0 aliphatic heterocycles. The molecule has 0 saturated heterocycles. The first-order valence-corrected chi connectivity index (χ1v) is 8.96. The topological polar surface area (TPSA) is 64.3 Å². The monoisotopic (exact) mass is 334 g/mol. The van der Waals surface area contributed by atoms with Gasteiger partial charge in [0, 0.05) is 18.0 Å². The van der Waals surface area contributed by atoms with E-state index in [1.54, 1.807) is 6.07 Å². The molecule has 0 spiro atoms. The van der Waals surface area contributed by atoms with Crippen molar-refractivity contribution in [1.82, 2.24) is 0 Å². The van der Waals surface area contributed by atoms with Crippen molar-refractivity contribution >= 4 is 11.6 Å². The predicted molar refractivity (Wildman–Crippen MR) is 92.3 cm³/mol. The van der Waals surface area contributed by atoms with Crippen molar-refractivity contribution in [2.24, 2.45) is 23.5 Å². The summed E-state index contributed by atoms with van der Waals surface area (Å²) in [5.41, 5.74) is 6.71. The van der Waals surface area contributed by atoms with E-state index in [2.05, 4.69) is 5.32 Å². The third-order valence-electron chi connectivity index (χ3n) is 5.35. The molecular weight excluding hydrogens is 307 g/mol. The molecule has 5 heteroatoms. The first-order chi connectivity index (χ1) is 11.4. The SMILES string of the molecule is CC(C)Oc1ccc(F)cc1NC(=O)C1CC2CCCC(C1)C2N. The van der Waals surface area contributed by atoms with Crippen molar-refractivity contribution in [3.8, 4) is 5.75 Å². The van der Waals surface area contributed by atoms with E-state index in [1.165, 1.54) is 18.6 Å². The number of hydrogen-bond donors (Lipinski definition) is 2. The van der Waals surface area contributed by atoms with Gasteiger partial charge < -0.3 is 15.8 Å². The van der Waals surface area contributed by atoms with Crippen LogP contribution in [0.2, 0.25) is 0 Å². The van der Waals surface area contributed by atoms with Gasteiger partial charge in [-0.05, 0) is 63.5 Å². The molecule has 1 aromatic rings. The molecule has 3 N–H and O–H groups in total. The van der Waals surface area contributed by atoms with Crippen LogP contribution in [0.1, 0.15) is 46.0 Å². The molecule has 0 radical (unpaired) electrons. The highest BCUT2D eigenvalue weighted by Crippen LogP contribution is 2.42. The molecule has 2 bridgehead atoms. The van der Waals surface area contributed by atoms with E-state index in [-0.39, 0.29) is 29.8 Å². The molecule has 4 nitrogen and oxygen atoms in total. The molecule has 1 amide bonds. The van der Waals surface area contributed by atoms with Crippen LogP contribution in [0.5, 0.6) is 5.75 Å². The van der Waals surface area contributed by atoms with Crippen molar-refractivity contribution in [3.05, 3.63) is 24.0 Å². The first kappa shape index (κ1) is 17.2. The van der Waals surface area contributed by atoms with Gasteiger partial charge in [-0.2, -0.15) is 0 Å². The number of benzene rings is 1. The average molecular weight is 334 g/mol. The zero-order valence-corrected chi connectivity index (χ0v) is 14.4. The van der Waals surface area contributed by atoms with Gasteiger partial charge in [-0.15, -0.1) is 0 Å². The van der Waals surface area contributed by atoms with E-state index in [4.69, 9.17) is 10.5 Å². The Bertz CT molecular complexity index is 591. The van der Waals surface area contributed by atoms with Gasteiger partial charge in [0.05, 0.1) is 11.8 Å². The van der Waals surface area contributed by atoms with E-state index >= 15 is 0 Å². The largest absolute Gasteiger partial charge is 0.489 e. The lowest BCUT2D eigenvalue weighted by atomic mass is 9.65. The lowest BCUT2D eigenvalue weighted by Crippen LogP contribution is -2.48. The van der Waals surface area contributed by atoms with E-state index in [9.17, 15) is 9.18 Å². The summed E-state index contributed by atoms with van der Waals surface area (Å²) in [6, 6.07) is 4.47. The Labute approximate surface area is 142 Å². The molecule has 24 heavy (non-hydrogen) atoms. The fourth-order valence-corrected chi connectivity index (χ4v) is 4.19. The molecular formula is C19H27FN2O2. The van der Waals surface area contributed by atoms with Crippen LogP contribution in [0.4, 0.5) is 10.1 Å². The van der Waals surface area contributed by atoms with E-state index < -0.39 is 0 Å². The molecule has 0 heterocycles. The zero-order chi connectivity index (χ0) is 17.3. The highest BCUT2D eigenvalue weighted by Gasteiger charge is 2.40. The number of ether oxygens (including phenoxy) is 1. The van der Waals surface area contributed by atoms with Crippen LogP contribution < -0.4 is 15.8 Å². The molecule has 2 aliphatic rings. The number of amides is 1. The van der Waals surface area contributed by atoms with Crippen LogP contribution in [0.25, 0.3) is 0 Å². The van der Waals surface area contributed by atoms with Crippen LogP contribution in [-0.2, 0) is 4.79 Å². The highest BCUT2D eigenvalue weighted by molar-refractivity contribution is 5.94. The van der Waals surface area contributed by atoms with Crippen LogP contribution in [-0.4, -0.2) is 18.1 Å². The predicted octanol–water partition coefficient (Wildman–Crippen LogP) is 3.71. The second-order valence-electron chi connectivity index (χ2n) is 7.49. The van der Waals surface area contributed by atoms with Gasteiger partial charge in [0.15, 0.2) is 0 Å². The van der Waals surface area contributed by atoms with Crippen molar-refractivity contribution < 1.29 is 13.9 Å². The lowest BCUT2D eigenvalue weighted by Gasteiger charge is -2.43. The van der Waals surface area contributed by atoms with Crippen molar-refractivity contribution in [2.75, 3.05) is 5.32 Å². The van der Waals surface area contributed by atoms with Crippen LogP contribution in [0.3, 0.4) is 0 Å². The van der Waals surface area contributed by atoms with E-state index in [1.807, 2.05) is 13.8 Å². The van der Waals surface area contributed by atoms with Crippen molar-refractivity contribution in [1.29, 1.82) is 0 Å². The number of hydrogen-bond acceptors (Lipinski definition) is 3. The van der Waals surface area contributed by atoms with Gasteiger partial charge >= 0.3 is 0 Å². The van der Waals surface area contributed by atoms with Gasteiger partial charge in [-0.3, -0.25) is 4.79 Å². The fraction of sp³-hybridized carbons (Fsp3) is 0.632. The Balaban J connectivity index is 1.72. The maximum atomic E-state index is 13.6. The lowest BCUT2D eigenvalue weighted by molar-refractivity contribution is -0.122. The smallest absolute Gasteiger partial charge is 0.227 e. The minimum atomic E-state index is -0.385. The molecule has 2 saturated carbocycles. The third-order valence-corrected chi connectivity index (χ3v) is 5.35. The van der Waals surface area contributed by atoms with E-state index in [0.717, 1.165) is 25.7 Å². The summed E-state index contributed by atoms with van der Waals surface area (Å²) in [4.78, 5) is 12.7. The first-order valence-electron chi connectivity index (χ1n) is 8.96. The number of carbonyl (C=O) groups is 1. The van der Waals surface area contributed by atoms with Gasteiger partial charge in [0.25, 0.3) is 0 Å². The number of nitrogens with two attached hydrogens (primary N) is 1. The highest BCUT2D eigenvalue weighted by atomic mass is 19.1. The molecule has 132 valence electrons. The van der Waals surface area contributed by atoms with Gasteiger partial charge in [-0.1, -0.05) is 6.42 Å². The van der Waals surface area contributed by atoms with Gasteiger partial charge in [0.1, 0.15) is 11.6 Å².